The maximum Gasteiger partial charge on any atom is 0.244 e. The number of likely N-dealkylation sites (tertiary alicyclic amines) is 1. The van der Waals surface area contributed by atoms with Gasteiger partial charge in [-0.3, -0.25) is 4.90 Å². The van der Waals surface area contributed by atoms with E-state index in [1.165, 1.54) is 13.2 Å². The molecule has 4 rings (SSSR count). The number of halogens is 2. The van der Waals surface area contributed by atoms with Gasteiger partial charge in [0.05, 0.1) is 7.11 Å². The van der Waals surface area contributed by atoms with Gasteiger partial charge in [0.1, 0.15) is 23.4 Å². The summed E-state index contributed by atoms with van der Waals surface area (Å²) in [5.41, 5.74) is 0. The van der Waals surface area contributed by atoms with Gasteiger partial charge in [0, 0.05) is 29.2 Å². The number of methoxy groups -OCH3 is 1. The third-order valence-corrected chi connectivity index (χ3v) is 7.69. The highest BCUT2D eigenvalue weighted by atomic mass is 35.5. The van der Waals surface area contributed by atoms with E-state index in [0.29, 0.717) is 34.7 Å². The Morgan fingerprint density at radius 1 is 1.09 bits per heavy atom. The molecular weight excluding hydrogens is 475 g/mol. The molecule has 0 aliphatic carbocycles. The molecule has 1 unspecified atom stereocenters. The topological polar surface area (TPSA) is 77.1 Å². The number of hydrogen-bond acceptors (Lipinski definition) is 6. The number of fused-ring (bicyclic) bond motifs is 1. The number of benzene rings is 2. The summed E-state index contributed by atoms with van der Waals surface area (Å²) in [5.74, 6) is 1.92. The smallest absolute Gasteiger partial charge is 0.244 e. The summed E-state index contributed by atoms with van der Waals surface area (Å²) in [6, 6.07) is 9.94. The first-order valence-corrected chi connectivity index (χ1v) is 12.7. The van der Waals surface area contributed by atoms with Crippen molar-refractivity contribution < 1.29 is 22.6 Å². The normalized spacial score (nSPS) is 19.7. The van der Waals surface area contributed by atoms with Crippen molar-refractivity contribution in [2.24, 2.45) is 5.92 Å². The van der Waals surface area contributed by atoms with Gasteiger partial charge in [-0.2, -0.15) is 0 Å². The monoisotopic (exact) mass is 500 g/mol. The first-order valence-electron chi connectivity index (χ1n) is 10.5. The molecule has 2 heterocycles. The highest BCUT2D eigenvalue weighted by Gasteiger charge is 2.28. The van der Waals surface area contributed by atoms with Crippen LogP contribution in [0.4, 0.5) is 0 Å². The van der Waals surface area contributed by atoms with Gasteiger partial charge in [-0.1, -0.05) is 23.2 Å². The van der Waals surface area contributed by atoms with E-state index in [1.807, 2.05) is 6.07 Å². The van der Waals surface area contributed by atoms with Crippen LogP contribution in [-0.2, 0) is 10.0 Å². The number of ether oxygens (including phenoxy) is 3. The number of nitrogens with zero attached hydrogens (tertiary/aromatic N) is 1. The maximum absolute atomic E-state index is 12.8. The Balaban J connectivity index is 1.26. The lowest BCUT2D eigenvalue weighted by Gasteiger charge is -2.35. The standard InChI is InChI=1S/C22H26Cl2N2O5S/c1-29-20-5-3-17(24)11-22(20)32(27,28)25-12-15-6-8-26(9-7-15)13-18-14-30-19-4-2-16(23)10-21(19)31-18/h2-5,10-11,15,18,25H,6-9,12-14H2,1H3. The van der Waals surface area contributed by atoms with Crippen LogP contribution in [0.5, 0.6) is 17.2 Å². The molecule has 1 atom stereocenters. The van der Waals surface area contributed by atoms with Gasteiger partial charge >= 0.3 is 0 Å². The Kier molecular flexibility index (Phi) is 7.37. The van der Waals surface area contributed by atoms with Gasteiger partial charge in [-0.25, -0.2) is 13.1 Å². The molecular formula is C22H26Cl2N2O5S. The van der Waals surface area contributed by atoms with E-state index in [1.54, 1.807) is 24.3 Å². The minimum Gasteiger partial charge on any atom is -0.495 e. The molecule has 10 heteroatoms. The zero-order valence-corrected chi connectivity index (χ0v) is 20.0. The summed E-state index contributed by atoms with van der Waals surface area (Å²) in [6.07, 6.45) is 1.72. The molecule has 2 aromatic carbocycles. The second kappa shape index (κ2) is 10.1. The van der Waals surface area contributed by atoms with Crippen molar-refractivity contribution in [1.82, 2.24) is 9.62 Å². The van der Waals surface area contributed by atoms with Crippen molar-refractivity contribution in [2.45, 2.75) is 23.8 Å². The summed E-state index contributed by atoms with van der Waals surface area (Å²) in [6.45, 7) is 3.37. The van der Waals surface area contributed by atoms with Gasteiger partial charge in [-0.15, -0.1) is 0 Å². The Morgan fingerprint density at radius 3 is 2.56 bits per heavy atom. The molecule has 2 aliphatic heterocycles. The van der Waals surface area contributed by atoms with E-state index < -0.39 is 10.0 Å². The lowest BCUT2D eigenvalue weighted by Crippen LogP contribution is -2.45. The fourth-order valence-electron chi connectivity index (χ4n) is 4.01. The fourth-order valence-corrected chi connectivity index (χ4v) is 5.71. The lowest BCUT2D eigenvalue weighted by atomic mass is 9.97. The largest absolute Gasteiger partial charge is 0.495 e. The van der Waals surface area contributed by atoms with Crippen LogP contribution >= 0.6 is 23.2 Å². The SMILES string of the molecule is COc1ccc(Cl)cc1S(=O)(=O)NCC1CCN(CC2COc3ccc(Cl)cc3O2)CC1. The Hall–Kier alpha value is -1.71. The van der Waals surface area contributed by atoms with Crippen LogP contribution in [0.1, 0.15) is 12.8 Å². The molecule has 1 N–H and O–H groups in total. The molecule has 0 amide bonds. The van der Waals surface area contributed by atoms with Crippen LogP contribution < -0.4 is 18.9 Å². The van der Waals surface area contributed by atoms with E-state index in [4.69, 9.17) is 37.4 Å². The predicted octanol–water partition coefficient (Wildman–Crippen LogP) is 3.83. The Bertz CT molecular complexity index is 1060. The maximum atomic E-state index is 12.8. The molecule has 7 nitrogen and oxygen atoms in total. The van der Waals surface area contributed by atoms with E-state index in [0.717, 1.165) is 32.5 Å². The number of rotatable bonds is 7. The van der Waals surface area contributed by atoms with Crippen LogP contribution in [0.15, 0.2) is 41.3 Å². The van der Waals surface area contributed by atoms with Gasteiger partial charge in [0.15, 0.2) is 11.5 Å². The predicted molar refractivity (Wildman–Crippen MR) is 124 cm³/mol. The molecule has 0 aromatic heterocycles. The average molecular weight is 501 g/mol. The fraction of sp³-hybridized carbons (Fsp3) is 0.455. The van der Waals surface area contributed by atoms with Crippen molar-refractivity contribution in [3.8, 4) is 17.2 Å². The van der Waals surface area contributed by atoms with Gasteiger partial charge in [0.2, 0.25) is 10.0 Å². The lowest BCUT2D eigenvalue weighted by molar-refractivity contribution is 0.0481. The molecule has 0 spiro atoms. The third kappa shape index (κ3) is 5.61. The summed E-state index contributed by atoms with van der Waals surface area (Å²) in [4.78, 5) is 2.38. The first kappa shape index (κ1) is 23.4. The summed E-state index contributed by atoms with van der Waals surface area (Å²) in [5, 5.41) is 0.963. The quantitative estimate of drug-likeness (QED) is 0.622. The van der Waals surface area contributed by atoms with Crippen molar-refractivity contribution in [3.05, 3.63) is 46.4 Å². The first-order chi connectivity index (χ1) is 15.3. The molecule has 2 aromatic rings. The van der Waals surface area contributed by atoms with Crippen molar-refractivity contribution in [1.29, 1.82) is 0 Å². The number of hydrogen-bond donors (Lipinski definition) is 1. The van der Waals surface area contributed by atoms with Crippen molar-refractivity contribution >= 4 is 33.2 Å². The van der Waals surface area contributed by atoms with Crippen LogP contribution in [-0.4, -0.2) is 59.3 Å². The number of piperidine rings is 1. The zero-order chi connectivity index (χ0) is 22.7. The van der Waals surface area contributed by atoms with E-state index >= 15 is 0 Å². The molecule has 174 valence electrons. The highest BCUT2D eigenvalue weighted by molar-refractivity contribution is 7.89. The minimum atomic E-state index is -3.71. The summed E-state index contributed by atoms with van der Waals surface area (Å²) < 4.78 is 45.3. The van der Waals surface area contributed by atoms with Crippen molar-refractivity contribution in [3.63, 3.8) is 0 Å². The van der Waals surface area contributed by atoms with Crippen LogP contribution in [0.25, 0.3) is 0 Å². The molecule has 1 saturated heterocycles. The number of sulfonamides is 1. The molecule has 2 aliphatic rings. The average Bonchev–Trinajstić information content (AvgIpc) is 2.78. The number of nitrogens with one attached hydrogen (secondary N) is 1. The van der Waals surface area contributed by atoms with E-state index in [-0.39, 0.29) is 22.7 Å². The summed E-state index contributed by atoms with van der Waals surface area (Å²) >= 11 is 12.0. The van der Waals surface area contributed by atoms with Gasteiger partial charge in [-0.05, 0) is 62.2 Å². The summed E-state index contributed by atoms with van der Waals surface area (Å²) in [7, 11) is -2.28. The molecule has 0 radical (unpaired) electrons. The minimum absolute atomic E-state index is 0.0553. The third-order valence-electron chi connectivity index (χ3n) is 5.77. The van der Waals surface area contributed by atoms with Crippen molar-refractivity contribution in [2.75, 3.05) is 39.9 Å². The highest BCUT2D eigenvalue weighted by Crippen LogP contribution is 2.34. The molecule has 0 saturated carbocycles. The molecule has 32 heavy (non-hydrogen) atoms. The second-order valence-corrected chi connectivity index (χ2v) is 10.6. The van der Waals surface area contributed by atoms with Gasteiger partial charge in [0.25, 0.3) is 0 Å². The van der Waals surface area contributed by atoms with E-state index in [2.05, 4.69) is 9.62 Å². The van der Waals surface area contributed by atoms with Crippen LogP contribution in [0, 0.1) is 5.92 Å². The molecule has 1 fully saturated rings. The van der Waals surface area contributed by atoms with Crippen LogP contribution in [0.3, 0.4) is 0 Å². The Morgan fingerprint density at radius 2 is 1.81 bits per heavy atom. The second-order valence-electron chi connectivity index (χ2n) is 8.03. The Labute approximate surface area is 198 Å². The van der Waals surface area contributed by atoms with Gasteiger partial charge < -0.3 is 14.2 Å². The van der Waals surface area contributed by atoms with E-state index in [9.17, 15) is 8.42 Å². The zero-order valence-electron chi connectivity index (χ0n) is 17.7. The molecule has 0 bridgehead atoms. The van der Waals surface area contributed by atoms with Crippen LogP contribution in [0.2, 0.25) is 10.0 Å².